The molecule has 3 saturated heterocycles. The molecular weight excluding hydrogens is 280 g/mol. The molecule has 3 atom stereocenters. The zero-order valence-corrected chi connectivity index (χ0v) is 12.1. The van der Waals surface area contributed by atoms with Crippen LogP contribution in [0.25, 0.3) is 0 Å². The maximum absolute atomic E-state index is 12.7. The summed E-state index contributed by atoms with van der Waals surface area (Å²) in [6.07, 6.45) is 2.79. The van der Waals surface area contributed by atoms with Crippen LogP contribution in [0.15, 0.2) is 0 Å². The van der Waals surface area contributed by atoms with Gasteiger partial charge in [-0.3, -0.25) is 0 Å². The Morgan fingerprint density at radius 3 is 2.40 bits per heavy atom. The summed E-state index contributed by atoms with van der Waals surface area (Å²) < 4.78 is 0. The third kappa shape index (κ3) is 2.37. The van der Waals surface area contributed by atoms with Crippen LogP contribution in [0, 0.1) is 0 Å². The molecule has 112 valence electrons. The van der Waals surface area contributed by atoms with Gasteiger partial charge in [0.2, 0.25) is 0 Å². The van der Waals surface area contributed by atoms with Crippen LogP contribution >= 0.6 is 11.8 Å². The van der Waals surface area contributed by atoms with Crippen LogP contribution in [-0.2, 0) is 4.79 Å². The number of carbonyl (C=O) groups is 2. The van der Waals surface area contributed by atoms with E-state index in [0.717, 1.165) is 18.6 Å². The number of thioether (sulfide) groups is 1. The second kappa shape index (κ2) is 5.44. The first-order chi connectivity index (χ1) is 9.58. The summed E-state index contributed by atoms with van der Waals surface area (Å²) in [7, 11) is 0. The van der Waals surface area contributed by atoms with Crippen LogP contribution < -0.4 is 0 Å². The van der Waals surface area contributed by atoms with E-state index in [1.165, 1.54) is 4.90 Å². The molecule has 20 heavy (non-hydrogen) atoms. The van der Waals surface area contributed by atoms with Crippen molar-refractivity contribution in [1.82, 2.24) is 9.80 Å². The Bertz CT molecular complexity index is 405. The predicted molar refractivity (Wildman–Crippen MR) is 74.7 cm³/mol. The molecular formula is C13H20N2O4S. The van der Waals surface area contributed by atoms with Crippen LogP contribution in [0.4, 0.5) is 4.79 Å². The van der Waals surface area contributed by atoms with E-state index in [2.05, 4.69) is 0 Å². The lowest BCUT2D eigenvalue weighted by atomic mass is 10.0. The number of carbonyl (C=O) groups excluding carboxylic acids is 1. The van der Waals surface area contributed by atoms with E-state index in [4.69, 9.17) is 0 Å². The normalized spacial score (nSPS) is 37.0. The number of carboxylic acids is 1. The average Bonchev–Trinajstić information content (AvgIpc) is 2.70. The molecule has 0 aromatic heterocycles. The number of carboxylic acid groups (broad SMARTS) is 1. The number of fused-ring (bicyclic) bond motifs is 2. The first-order valence-corrected chi connectivity index (χ1v) is 8.31. The topological polar surface area (TPSA) is 81.1 Å². The van der Waals surface area contributed by atoms with E-state index in [9.17, 15) is 19.8 Å². The Morgan fingerprint density at radius 2 is 1.80 bits per heavy atom. The first kappa shape index (κ1) is 14.0. The quantitative estimate of drug-likeness (QED) is 0.741. The highest BCUT2D eigenvalue weighted by atomic mass is 32.2. The molecule has 0 saturated carbocycles. The van der Waals surface area contributed by atoms with Gasteiger partial charge in [-0.15, -0.1) is 0 Å². The van der Waals surface area contributed by atoms with Gasteiger partial charge in [-0.1, -0.05) is 0 Å². The standard InChI is InChI=1S/C13H20N2O4S/c16-10-5-8-1-2-9(6-10)15(8)13(19)14-3-4-20-7-11(14)12(17)18/h8-11,16H,1-7H2,(H,17,18). The van der Waals surface area contributed by atoms with Gasteiger partial charge in [0, 0.05) is 30.1 Å². The molecule has 0 aromatic carbocycles. The second-order valence-electron chi connectivity index (χ2n) is 5.82. The number of aliphatic hydroxyl groups is 1. The molecule has 0 spiro atoms. The number of hydrogen-bond acceptors (Lipinski definition) is 4. The SMILES string of the molecule is O=C(O)C1CSCCN1C(=O)N1C2CCC1CC(O)C2. The van der Waals surface area contributed by atoms with Crippen molar-refractivity contribution in [3.05, 3.63) is 0 Å². The third-order valence-corrected chi connectivity index (χ3v) is 5.61. The van der Waals surface area contributed by atoms with Gasteiger partial charge in [-0.05, 0) is 25.7 Å². The molecule has 0 aliphatic carbocycles. The summed E-state index contributed by atoms with van der Waals surface area (Å²) in [5, 5.41) is 19.1. The highest BCUT2D eigenvalue weighted by molar-refractivity contribution is 7.99. The van der Waals surface area contributed by atoms with Gasteiger partial charge < -0.3 is 20.0 Å². The van der Waals surface area contributed by atoms with Gasteiger partial charge in [0.05, 0.1) is 6.10 Å². The lowest BCUT2D eigenvalue weighted by Crippen LogP contribution is -2.59. The molecule has 3 heterocycles. The Kier molecular flexibility index (Phi) is 3.81. The molecule has 0 radical (unpaired) electrons. The highest BCUT2D eigenvalue weighted by Crippen LogP contribution is 2.37. The Morgan fingerprint density at radius 1 is 1.15 bits per heavy atom. The van der Waals surface area contributed by atoms with Crippen molar-refractivity contribution in [3.8, 4) is 0 Å². The zero-order valence-electron chi connectivity index (χ0n) is 11.3. The van der Waals surface area contributed by atoms with E-state index in [1.807, 2.05) is 4.90 Å². The molecule has 3 aliphatic rings. The number of amides is 2. The van der Waals surface area contributed by atoms with Crippen molar-refractivity contribution in [1.29, 1.82) is 0 Å². The number of nitrogens with zero attached hydrogens (tertiary/aromatic N) is 2. The molecule has 0 aromatic rings. The maximum Gasteiger partial charge on any atom is 0.327 e. The molecule has 6 nitrogen and oxygen atoms in total. The van der Waals surface area contributed by atoms with Gasteiger partial charge in [-0.25, -0.2) is 9.59 Å². The van der Waals surface area contributed by atoms with E-state index in [-0.39, 0.29) is 24.2 Å². The Labute approximate surface area is 122 Å². The van der Waals surface area contributed by atoms with Gasteiger partial charge in [0.15, 0.2) is 0 Å². The molecule has 2 N–H and O–H groups in total. The number of hydrogen-bond donors (Lipinski definition) is 2. The molecule has 2 amide bonds. The molecule has 3 unspecified atom stereocenters. The van der Waals surface area contributed by atoms with Crippen molar-refractivity contribution >= 4 is 23.8 Å². The number of rotatable bonds is 1. The van der Waals surface area contributed by atoms with Gasteiger partial charge in [0.1, 0.15) is 6.04 Å². The van der Waals surface area contributed by atoms with Crippen molar-refractivity contribution in [2.24, 2.45) is 0 Å². The number of aliphatic hydroxyl groups excluding tert-OH is 1. The van der Waals surface area contributed by atoms with Gasteiger partial charge >= 0.3 is 12.0 Å². The lowest BCUT2D eigenvalue weighted by molar-refractivity contribution is -0.141. The molecule has 7 heteroatoms. The molecule has 3 rings (SSSR count). The minimum Gasteiger partial charge on any atom is -0.480 e. The average molecular weight is 300 g/mol. The summed E-state index contributed by atoms with van der Waals surface area (Å²) >= 11 is 1.58. The van der Waals surface area contributed by atoms with Crippen molar-refractivity contribution in [3.63, 3.8) is 0 Å². The smallest absolute Gasteiger partial charge is 0.327 e. The van der Waals surface area contributed by atoms with Crippen LogP contribution in [0.3, 0.4) is 0 Å². The summed E-state index contributed by atoms with van der Waals surface area (Å²) in [6.45, 7) is 0.499. The van der Waals surface area contributed by atoms with Crippen LogP contribution in [0.1, 0.15) is 25.7 Å². The monoisotopic (exact) mass is 300 g/mol. The minimum atomic E-state index is -0.921. The fourth-order valence-corrected chi connectivity index (χ4v) is 4.68. The maximum atomic E-state index is 12.7. The molecule has 3 fully saturated rings. The highest BCUT2D eigenvalue weighted by Gasteiger charge is 2.46. The predicted octanol–water partition coefficient (Wildman–Crippen LogP) is 0.596. The van der Waals surface area contributed by atoms with E-state index < -0.39 is 12.0 Å². The summed E-state index contributed by atoms with van der Waals surface area (Å²) in [5.41, 5.74) is 0. The van der Waals surface area contributed by atoms with Crippen LogP contribution in [-0.4, -0.2) is 74.3 Å². The largest absolute Gasteiger partial charge is 0.480 e. The lowest BCUT2D eigenvalue weighted by Gasteiger charge is -2.42. The number of urea groups is 1. The zero-order chi connectivity index (χ0) is 14.3. The first-order valence-electron chi connectivity index (χ1n) is 7.15. The van der Waals surface area contributed by atoms with Crippen molar-refractivity contribution < 1.29 is 19.8 Å². The van der Waals surface area contributed by atoms with Crippen LogP contribution in [0.5, 0.6) is 0 Å². The van der Waals surface area contributed by atoms with Crippen LogP contribution in [0.2, 0.25) is 0 Å². The summed E-state index contributed by atoms with van der Waals surface area (Å²) in [6, 6.07) is -0.690. The summed E-state index contributed by atoms with van der Waals surface area (Å²) in [4.78, 5) is 27.4. The van der Waals surface area contributed by atoms with E-state index >= 15 is 0 Å². The second-order valence-corrected chi connectivity index (χ2v) is 6.97. The fourth-order valence-electron chi connectivity index (χ4n) is 3.65. The van der Waals surface area contributed by atoms with Crippen molar-refractivity contribution in [2.75, 3.05) is 18.1 Å². The van der Waals surface area contributed by atoms with E-state index in [0.29, 0.717) is 25.1 Å². The minimum absolute atomic E-state index is 0.0836. The van der Waals surface area contributed by atoms with Gasteiger partial charge in [0.25, 0.3) is 0 Å². The van der Waals surface area contributed by atoms with Crippen molar-refractivity contribution in [2.45, 2.75) is 49.9 Å². The molecule has 2 bridgehead atoms. The summed E-state index contributed by atoms with van der Waals surface area (Å²) in [5.74, 6) is 0.337. The Balaban J connectivity index is 1.76. The Hall–Kier alpha value is -0.950. The van der Waals surface area contributed by atoms with E-state index in [1.54, 1.807) is 11.8 Å². The number of aliphatic carboxylic acids is 1. The molecule has 3 aliphatic heterocycles. The third-order valence-electron chi connectivity index (χ3n) is 4.59. The van der Waals surface area contributed by atoms with Gasteiger partial charge in [-0.2, -0.15) is 11.8 Å². The number of piperidine rings is 1. The fraction of sp³-hybridized carbons (Fsp3) is 0.846.